The van der Waals surface area contributed by atoms with Crippen LogP contribution in [0.1, 0.15) is 32.4 Å². The molecule has 25 heavy (non-hydrogen) atoms. The zero-order valence-electron chi connectivity index (χ0n) is 14.3. The highest BCUT2D eigenvalue weighted by Gasteiger charge is 2.28. The standard InChI is InChI=1S/C19H21FN2O3/c1-19(2,3)18(24)21-16(17(23)22-25)14-6-4-12(5-7-14)13-8-10-15(20)11-9-13/h4-11,16,25H,1-3H3,(H,21,24)(H,22,23). The second-order valence-electron chi connectivity index (χ2n) is 6.76. The Bertz CT molecular complexity index is 750. The molecule has 0 aliphatic rings. The lowest BCUT2D eigenvalue weighted by Crippen LogP contribution is -2.43. The van der Waals surface area contributed by atoms with Crippen molar-refractivity contribution in [1.29, 1.82) is 0 Å². The van der Waals surface area contributed by atoms with Crippen molar-refractivity contribution in [2.75, 3.05) is 0 Å². The number of hydrogen-bond donors (Lipinski definition) is 3. The van der Waals surface area contributed by atoms with Gasteiger partial charge in [-0.1, -0.05) is 57.2 Å². The van der Waals surface area contributed by atoms with Crippen LogP contribution in [0.4, 0.5) is 4.39 Å². The van der Waals surface area contributed by atoms with Gasteiger partial charge in [0.2, 0.25) is 5.91 Å². The average Bonchev–Trinajstić information content (AvgIpc) is 2.59. The zero-order valence-corrected chi connectivity index (χ0v) is 14.3. The lowest BCUT2D eigenvalue weighted by atomic mass is 9.94. The predicted molar refractivity (Wildman–Crippen MR) is 92.1 cm³/mol. The topological polar surface area (TPSA) is 78.4 Å². The van der Waals surface area contributed by atoms with Crippen LogP contribution < -0.4 is 10.8 Å². The highest BCUT2D eigenvalue weighted by atomic mass is 19.1. The van der Waals surface area contributed by atoms with E-state index in [9.17, 15) is 14.0 Å². The second kappa shape index (κ2) is 7.44. The third-order valence-corrected chi connectivity index (χ3v) is 3.75. The first kappa shape index (κ1) is 18.6. The Labute approximate surface area is 145 Å². The fraction of sp³-hybridized carbons (Fsp3) is 0.263. The third kappa shape index (κ3) is 4.64. The molecule has 1 unspecified atom stereocenters. The maximum Gasteiger partial charge on any atom is 0.270 e. The van der Waals surface area contributed by atoms with Crippen molar-refractivity contribution in [2.45, 2.75) is 26.8 Å². The summed E-state index contributed by atoms with van der Waals surface area (Å²) in [6.07, 6.45) is 0. The Balaban J connectivity index is 2.27. The molecule has 0 spiro atoms. The van der Waals surface area contributed by atoms with E-state index in [-0.39, 0.29) is 11.7 Å². The SMILES string of the molecule is CC(C)(C)C(=O)NC(C(=O)NO)c1ccc(-c2ccc(F)cc2)cc1. The number of benzene rings is 2. The van der Waals surface area contributed by atoms with E-state index in [0.29, 0.717) is 5.56 Å². The van der Waals surface area contributed by atoms with Gasteiger partial charge in [-0.25, -0.2) is 9.87 Å². The molecule has 5 nitrogen and oxygen atoms in total. The first-order valence-electron chi connectivity index (χ1n) is 7.83. The van der Waals surface area contributed by atoms with Gasteiger partial charge in [0, 0.05) is 5.41 Å². The van der Waals surface area contributed by atoms with E-state index in [2.05, 4.69) is 5.32 Å². The van der Waals surface area contributed by atoms with E-state index >= 15 is 0 Å². The fourth-order valence-corrected chi connectivity index (χ4v) is 2.22. The lowest BCUT2D eigenvalue weighted by molar-refractivity contribution is -0.137. The molecule has 1 atom stereocenters. The Morgan fingerprint density at radius 2 is 1.44 bits per heavy atom. The van der Waals surface area contributed by atoms with Crippen LogP contribution in [0.25, 0.3) is 11.1 Å². The predicted octanol–water partition coefficient (Wildman–Crippen LogP) is 3.20. The summed E-state index contributed by atoms with van der Waals surface area (Å²) < 4.78 is 13.0. The molecular formula is C19H21FN2O3. The van der Waals surface area contributed by atoms with E-state index in [0.717, 1.165) is 11.1 Å². The van der Waals surface area contributed by atoms with E-state index < -0.39 is 17.4 Å². The van der Waals surface area contributed by atoms with E-state index in [1.807, 2.05) is 0 Å². The van der Waals surface area contributed by atoms with Gasteiger partial charge in [-0.05, 0) is 28.8 Å². The third-order valence-electron chi connectivity index (χ3n) is 3.75. The Kier molecular flexibility index (Phi) is 5.54. The molecule has 0 radical (unpaired) electrons. The summed E-state index contributed by atoms with van der Waals surface area (Å²) in [6, 6.07) is 11.9. The number of carbonyl (C=O) groups excluding carboxylic acids is 2. The Hall–Kier alpha value is -2.73. The molecule has 0 bridgehead atoms. The van der Waals surface area contributed by atoms with Crippen molar-refractivity contribution in [3.05, 3.63) is 59.9 Å². The minimum Gasteiger partial charge on any atom is -0.340 e. The summed E-state index contributed by atoms with van der Waals surface area (Å²) >= 11 is 0. The summed E-state index contributed by atoms with van der Waals surface area (Å²) in [5.41, 5.74) is 3.09. The van der Waals surface area contributed by atoms with Crippen molar-refractivity contribution in [3.8, 4) is 11.1 Å². The average molecular weight is 344 g/mol. The molecule has 0 aliphatic heterocycles. The van der Waals surface area contributed by atoms with Crippen LogP contribution in [0.15, 0.2) is 48.5 Å². The number of halogens is 1. The highest BCUT2D eigenvalue weighted by molar-refractivity contribution is 5.90. The van der Waals surface area contributed by atoms with Gasteiger partial charge in [-0.3, -0.25) is 14.8 Å². The van der Waals surface area contributed by atoms with Crippen molar-refractivity contribution >= 4 is 11.8 Å². The number of nitrogens with one attached hydrogen (secondary N) is 2. The summed E-state index contributed by atoms with van der Waals surface area (Å²) in [5, 5.41) is 11.6. The molecule has 2 aromatic carbocycles. The molecule has 6 heteroatoms. The van der Waals surface area contributed by atoms with Crippen LogP contribution in [0.3, 0.4) is 0 Å². The normalized spacial score (nSPS) is 12.4. The minimum absolute atomic E-state index is 0.315. The molecule has 0 aliphatic carbocycles. The van der Waals surface area contributed by atoms with Crippen LogP contribution in [-0.4, -0.2) is 17.0 Å². The fourth-order valence-electron chi connectivity index (χ4n) is 2.22. The molecule has 3 N–H and O–H groups in total. The Morgan fingerprint density at radius 1 is 0.960 bits per heavy atom. The Morgan fingerprint density at radius 3 is 1.88 bits per heavy atom. The molecule has 0 heterocycles. The van der Waals surface area contributed by atoms with Gasteiger partial charge in [0.05, 0.1) is 0 Å². The largest absolute Gasteiger partial charge is 0.340 e. The maximum atomic E-state index is 13.0. The van der Waals surface area contributed by atoms with Crippen LogP contribution >= 0.6 is 0 Å². The lowest BCUT2D eigenvalue weighted by Gasteiger charge is -2.23. The van der Waals surface area contributed by atoms with Gasteiger partial charge in [-0.2, -0.15) is 0 Å². The smallest absolute Gasteiger partial charge is 0.270 e. The van der Waals surface area contributed by atoms with E-state index in [4.69, 9.17) is 5.21 Å². The number of amides is 2. The molecule has 2 amide bonds. The second-order valence-corrected chi connectivity index (χ2v) is 6.76. The summed E-state index contributed by atoms with van der Waals surface area (Å²) in [4.78, 5) is 24.1. The number of carbonyl (C=O) groups is 2. The number of hydrogen-bond acceptors (Lipinski definition) is 3. The molecule has 0 saturated heterocycles. The van der Waals surface area contributed by atoms with Gasteiger partial charge in [-0.15, -0.1) is 0 Å². The zero-order chi connectivity index (χ0) is 18.6. The minimum atomic E-state index is -1.01. The molecule has 0 saturated carbocycles. The molecule has 0 aromatic heterocycles. The quantitative estimate of drug-likeness (QED) is 0.589. The van der Waals surface area contributed by atoms with Crippen molar-refractivity contribution in [3.63, 3.8) is 0 Å². The summed E-state index contributed by atoms with van der Waals surface area (Å²) in [5.74, 6) is -1.36. The van der Waals surface area contributed by atoms with Crippen LogP contribution in [-0.2, 0) is 9.59 Å². The first-order valence-corrected chi connectivity index (χ1v) is 7.83. The van der Waals surface area contributed by atoms with Crippen molar-refractivity contribution < 1.29 is 19.2 Å². The van der Waals surface area contributed by atoms with Crippen LogP contribution in [0, 0.1) is 11.2 Å². The van der Waals surface area contributed by atoms with Gasteiger partial charge in [0.1, 0.15) is 11.9 Å². The molecule has 2 rings (SSSR count). The van der Waals surface area contributed by atoms with Gasteiger partial charge >= 0.3 is 0 Å². The number of hydroxylamine groups is 1. The number of rotatable bonds is 4. The van der Waals surface area contributed by atoms with E-state index in [1.165, 1.54) is 12.1 Å². The van der Waals surface area contributed by atoms with Crippen molar-refractivity contribution in [2.24, 2.45) is 5.41 Å². The molecule has 0 fully saturated rings. The van der Waals surface area contributed by atoms with E-state index in [1.54, 1.807) is 62.6 Å². The van der Waals surface area contributed by atoms with Gasteiger partial charge in [0.15, 0.2) is 0 Å². The van der Waals surface area contributed by atoms with Gasteiger partial charge in [0.25, 0.3) is 5.91 Å². The molecule has 2 aromatic rings. The molecular weight excluding hydrogens is 323 g/mol. The van der Waals surface area contributed by atoms with Gasteiger partial charge < -0.3 is 5.32 Å². The van der Waals surface area contributed by atoms with Crippen molar-refractivity contribution in [1.82, 2.24) is 10.8 Å². The first-order chi connectivity index (χ1) is 11.7. The van der Waals surface area contributed by atoms with Crippen LogP contribution in [0.2, 0.25) is 0 Å². The monoisotopic (exact) mass is 344 g/mol. The summed E-state index contributed by atoms with van der Waals surface area (Å²) in [7, 11) is 0. The van der Waals surface area contributed by atoms with Crippen LogP contribution in [0.5, 0.6) is 0 Å². The molecule has 132 valence electrons. The highest BCUT2D eigenvalue weighted by Crippen LogP contribution is 2.24. The summed E-state index contributed by atoms with van der Waals surface area (Å²) in [6.45, 7) is 5.19. The maximum absolute atomic E-state index is 13.0.